The van der Waals surface area contributed by atoms with Gasteiger partial charge in [0.25, 0.3) is 0 Å². The Morgan fingerprint density at radius 3 is 2.65 bits per heavy atom. The zero-order valence-electron chi connectivity index (χ0n) is 10.8. The van der Waals surface area contributed by atoms with Crippen LogP contribution < -0.4 is 0 Å². The number of carboxylic acids is 1. The summed E-state index contributed by atoms with van der Waals surface area (Å²) in [6.07, 6.45) is 1.09. The van der Waals surface area contributed by atoms with E-state index in [4.69, 9.17) is 9.63 Å². The lowest BCUT2D eigenvalue weighted by atomic mass is 10.0. The van der Waals surface area contributed by atoms with Gasteiger partial charge in [0.05, 0.1) is 6.54 Å². The van der Waals surface area contributed by atoms with Crippen molar-refractivity contribution < 1.29 is 14.4 Å². The van der Waals surface area contributed by atoms with Crippen LogP contribution in [0.25, 0.3) is 0 Å². The zero-order chi connectivity index (χ0) is 13.0. The molecule has 0 radical (unpaired) electrons. The normalized spacial score (nSPS) is 13.3. The van der Waals surface area contributed by atoms with Crippen molar-refractivity contribution in [2.45, 2.75) is 39.8 Å². The predicted molar refractivity (Wildman–Crippen MR) is 63.8 cm³/mol. The van der Waals surface area contributed by atoms with Crippen LogP contribution in [-0.4, -0.2) is 34.2 Å². The summed E-state index contributed by atoms with van der Waals surface area (Å²) in [4.78, 5) is 12.8. The lowest BCUT2D eigenvalue weighted by molar-refractivity contribution is 0.0685. The molecule has 0 aliphatic heterocycles. The van der Waals surface area contributed by atoms with Crippen molar-refractivity contribution in [1.29, 1.82) is 0 Å². The summed E-state index contributed by atoms with van der Waals surface area (Å²) in [7, 11) is 2.00. The second-order valence-corrected chi connectivity index (χ2v) is 4.88. The largest absolute Gasteiger partial charge is 0.476 e. The standard InChI is InChI=1S/C12H20N2O3/c1-8(2)5-9(3)14(4)7-10-6-11(12(15)16)13-17-10/h6,8-9H,5,7H2,1-4H3,(H,15,16). The van der Waals surface area contributed by atoms with Gasteiger partial charge in [-0.2, -0.15) is 0 Å². The van der Waals surface area contributed by atoms with E-state index < -0.39 is 5.97 Å². The number of nitrogens with zero attached hydrogens (tertiary/aromatic N) is 2. The maximum absolute atomic E-state index is 10.6. The molecule has 0 saturated heterocycles. The summed E-state index contributed by atoms with van der Waals surface area (Å²) in [6.45, 7) is 7.09. The molecule has 1 aromatic rings. The van der Waals surface area contributed by atoms with Gasteiger partial charge in [-0.25, -0.2) is 4.79 Å². The third-order valence-electron chi connectivity index (χ3n) is 2.75. The summed E-state index contributed by atoms with van der Waals surface area (Å²) in [5, 5.41) is 12.2. The molecule has 96 valence electrons. The highest BCUT2D eigenvalue weighted by molar-refractivity contribution is 5.85. The van der Waals surface area contributed by atoms with Gasteiger partial charge in [0.2, 0.25) is 0 Å². The van der Waals surface area contributed by atoms with Crippen LogP contribution in [0.3, 0.4) is 0 Å². The molecule has 1 atom stereocenters. The van der Waals surface area contributed by atoms with E-state index in [1.165, 1.54) is 6.07 Å². The third kappa shape index (κ3) is 4.19. The Morgan fingerprint density at radius 2 is 2.18 bits per heavy atom. The summed E-state index contributed by atoms with van der Waals surface area (Å²) < 4.78 is 4.98. The highest BCUT2D eigenvalue weighted by Gasteiger charge is 2.15. The van der Waals surface area contributed by atoms with Gasteiger partial charge in [-0.05, 0) is 26.3 Å². The summed E-state index contributed by atoms with van der Waals surface area (Å²) in [5.41, 5.74) is -0.0371. The van der Waals surface area contributed by atoms with Crippen molar-refractivity contribution in [3.63, 3.8) is 0 Å². The molecule has 17 heavy (non-hydrogen) atoms. The molecule has 0 spiro atoms. The molecular weight excluding hydrogens is 220 g/mol. The molecule has 5 nitrogen and oxygen atoms in total. The van der Waals surface area contributed by atoms with Crippen LogP contribution in [0.2, 0.25) is 0 Å². The van der Waals surface area contributed by atoms with Crippen molar-refractivity contribution in [2.24, 2.45) is 5.92 Å². The molecule has 0 amide bonds. The molecule has 1 N–H and O–H groups in total. The number of carbonyl (C=O) groups is 1. The number of aromatic nitrogens is 1. The van der Waals surface area contributed by atoms with Crippen LogP contribution in [-0.2, 0) is 6.54 Å². The van der Waals surface area contributed by atoms with E-state index >= 15 is 0 Å². The maximum Gasteiger partial charge on any atom is 0.358 e. The fourth-order valence-electron chi connectivity index (χ4n) is 1.75. The first kappa shape index (κ1) is 13.7. The first-order valence-electron chi connectivity index (χ1n) is 5.79. The topological polar surface area (TPSA) is 66.6 Å². The SMILES string of the molecule is CC(C)CC(C)N(C)Cc1cc(C(=O)O)no1. The summed E-state index contributed by atoms with van der Waals surface area (Å²) in [6, 6.07) is 1.90. The van der Waals surface area contributed by atoms with Gasteiger partial charge < -0.3 is 9.63 Å². The Bertz CT molecular complexity index is 374. The number of hydrogen-bond acceptors (Lipinski definition) is 4. The predicted octanol–water partition coefficient (Wildman–Crippen LogP) is 2.24. The van der Waals surface area contributed by atoms with Crippen LogP contribution in [0, 0.1) is 5.92 Å². The van der Waals surface area contributed by atoms with Crippen LogP contribution in [0.4, 0.5) is 0 Å². The molecule has 5 heteroatoms. The molecule has 0 aliphatic rings. The zero-order valence-corrected chi connectivity index (χ0v) is 10.8. The molecule has 0 aliphatic carbocycles. The average molecular weight is 240 g/mol. The lowest BCUT2D eigenvalue weighted by Gasteiger charge is -2.24. The van der Waals surface area contributed by atoms with Gasteiger partial charge in [-0.1, -0.05) is 19.0 Å². The van der Waals surface area contributed by atoms with Crippen molar-refractivity contribution in [2.75, 3.05) is 7.05 Å². The number of aromatic carboxylic acids is 1. The van der Waals surface area contributed by atoms with Crippen molar-refractivity contribution >= 4 is 5.97 Å². The van der Waals surface area contributed by atoms with E-state index in [1.807, 2.05) is 7.05 Å². The Morgan fingerprint density at radius 1 is 1.53 bits per heavy atom. The molecule has 0 bridgehead atoms. The van der Waals surface area contributed by atoms with Crippen molar-refractivity contribution in [3.8, 4) is 0 Å². The molecule has 1 unspecified atom stereocenters. The van der Waals surface area contributed by atoms with Crippen LogP contribution >= 0.6 is 0 Å². The van der Waals surface area contributed by atoms with E-state index in [0.717, 1.165) is 6.42 Å². The Balaban J connectivity index is 2.55. The molecule has 0 aromatic carbocycles. The van der Waals surface area contributed by atoms with E-state index in [-0.39, 0.29) is 5.69 Å². The number of carboxylic acid groups (broad SMARTS) is 1. The molecule has 1 aromatic heterocycles. The maximum atomic E-state index is 10.6. The Labute approximate surface area is 101 Å². The minimum absolute atomic E-state index is 0.0371. The molecule has 0 saturated carbocycles. The first-order chi connectivity index (χ1) is 7.90. The Kier molecular flexibility index (Phi) is 4.69. The van der Waals surface area contributed by atoms with Gasteiger partial charge in [0.1, 0.15) is 0 Å². The number of hydrogen-bond donors (Lipinski definition) is 1. The lowest BCUT2D eigenvalue weighted by Crippen LogP contribution is -2.29. The minimum atomic E-state index is -1.06. The minimum Gasteiger partial charge on any atom is -0.476 e. The summed E-state index contributed by atoms with van der Waals surface area (Å²) in [5.74, 6) is 0.162. The second-order valence-electron chi connectivity index (χ2n) is 4.88. The quantitative estimate of drug-likeness (QED) is 0.826. The highest BCUT2D eigenvalue weighted by Crippen LogP contribution is 2.13. The van der Waals surface area contributed by atoms with Crippen LogP contribution in [0.15, 0.2) is 10.6 Å². The fraction of sp³-hybridized carbons (Fsp3) is 0.667. The van der Waals surface area contributed by atoms with Crippen LogP contribution in [0.1, 0.15) is 43.4 Å². The van der Waals surface area contributed by atoms with E-state index in [0.29, 0.717) is 24.3 Å². The van der Waals surface area contributed by atoms with Gasteiger partial charge in [0, 0.05) is 12.1 Å². The van der Waals surface area contributed by atoms with Crippen molar-refractivity contribution in [1.82, 2.24) is 10.1 Å². The molecule has 0 fully saturated rings. The second kappa shape index (κ2) is 5.82. The molecular formula is C12H20N2O3. The molecule has 1 rings (SSSR count). The summed E-state index contributed by atoms with van der Waals surface area (Å²) >= 11 is 0. The van der Waals surface area contributed by atoms with E-state index in [2.05, 4.69) is 30.8 Å². The van der Waals surface area contributed by atoms with Gasteiger partial charge in [0.15, 0.2) is 11.5 Å². The van der Waals surface area contributed by atoms with Crippen molar-refractivity contribution in [3.05, 3.63) is 17.5 Å². The first-order valence-corrected chi connectivity index (χ1v) is 5.79. The van der Waals surface area contributed by atoms with Crippen LogP contribution in [0.5, 0.6) is 0 Å². The third-order valence-corrected chi connectivity index (χ3v) is 2.75. The van der Waals surface area contributed by atoms with Gasteiger partial charge in [-0.15, -0.1) is 0 Å². The highest BCUT2D eigenvalue weighted by atomic mass is 16.5. The monoisotopic (exact) mass is 240 g/mol. The smallest absolute Gasteiger partial charge is 0.358 e. The Hall–Kier alpha value is -1.36. The van der Waals surface area contributed by atoms with E-state index in [9.17, 15) is 4.79 Å². The van der Waals surface area contributed by atoms with Gasteiger partial charge >= 0.3 is 5.97 Å². The van der Waals surface area contributed by atoms with E-state index in [1.54, 1.807) is 0 Å². The molecule has 1 heterocycles. The fourth-order valence-corrected chi connectivity index (χ4v) is 1.75. The van der Waals surface area contributed by atoms with Gasteiger partial charge in [-0.3, -0.25) is 4.90 Å². The number of rotatable bonds is 6. The average Bonchev–Trinajstić information content (AvgIpc) is 2.65.